The molecule has 1 aromatic heterocycles. The molecule has 0 amide bonds. The van der Waals surface area contributed by atoms with Gasteiger partial charge in [-0.05, 0) is 119 Å². The van der Waals surface area contributed by atoms with Gasteiger partial charge in [0, 0.05) is 0 Å². The topological polar surface area (TPSA) is 17.8 Å². The van der Waals surface area contributed by atoms with Gasteiger partial charge < -0.3 is 4.57 Å². The molecule has 3 aromatic carbocycles. The molecule has 0 saturated carbocycles. The quantitative estimate of drug-likeness (QED) is 0.156. The number of benzene rings is 3. The summed E-state index contributed by atoms with van der Waals surface area (Å²) in [5.41, 5.74) is 12.5. The van der Waals surface area contributed by atoms with Crippen LogP contribution in [-0.2, 0) is 6.42 Å². The van der Waals surface area contributed by atoms with E-state index in [1.54, 1.807) is 0 Å². The van der Waals surface area contributed by atoms with E-state index in [1.807, 2.05) is 19.9 Å². The number of nitrogens with zero attached hydrogens (tertiary/aromatic N) is 2. The number of fused-ring (bicyclic) bond motifs is 2. The zero-order chi connectivity index (χ0) is 31.5. The van der Waals surface area contributed by atoms with Crippen molar-refractivity contribution >= 4 is 34.8 Å². The van der Waals surface area contributed by atoms with E-state index in [0.717, 1.165) is 48.1 Å². The minimum absolute atomic E-state index is 0.0700. The second-order valence-corrected chi connectivity index (χ2v) is 12.2. The van der Waals surface area contributed by atoms with E-state index in [1.165, 1.54) is 49.4 Å². The first kappa shape index (κ1) is 30.2. The van der Waals surface area contributed by atoms with Crippen molar-refractivity contribution in [1.29, 1.82) is 0 Å². The number of terminal acetylenes is 1. The third-order valence-electron chi connectivity index (χ3n) is 9.22. The number of aryl methyl sites for hydroxylation is 1. The Hall–Kier alpha value is -4.87. The summed E-state index contributed by atoms with van der Waals surface area (Å²) in [6.07, 6.45) is 32.1. The van der Waals surface area contributed by atoms with Gasteiger partial charge in [0.25, 0.3) is 0 Å². The van der Waals surface area contributed by atoms with Crippen LogP contribution in [0.5, 0.6) is 0 Å². The molecule has 2 heteroatoms. The van der Waals surface area contributed by atoms with Gasteiger partial charge in [-0.2, -0.15) is 0 Å². The molecule has 4 aromatic rings. The van der Waals surface area contributed by atoms with E-state index in [2.05, 4.69) is 128 Å². The molecular formula is C43H42N2. The minimum atomic E-state index is -0.0700. The predicted molar refractivity (Wildman–Crippen MR) is 195 cm³/mol. The molecule has 0 bridgehead atoms. The Morgan fingerprint density at radius 2 is 1.84 bits per heavy atom. The standard InChI is InChI=1S/C43H42N2/c1-7-11-18-35(9-3)45-30(6)44-40-26-24-34(28-41(40)45)31-20-22-33(23-21-31)42-36(10-4)37(15-8-2)43(32-16-13-12-14-17-32)39-27-29(5)19-25-38(39)42/h3,7-8,10-13,15-16,19-26,28-29,35H,2,14,17-18,27H2,1,4-6H3/b11-7-,36-10+,37-15+. The van der Waals surface area contributed by atoms with Gasteiger partial charge in [-0.1, -0.05) is 111 Å². The zero-order valence-corrected chi connectivity index (χ0v) is 27.0. The molecular weight excluding hydrogens is 544 g/mol. The molecule has 0 saturated heterocycles. The van der Waals surface area contributed by atoms with Crippen molar-refractivity contribution < 1.29 is 0 Å². The first-order chi connectivity index (χ1) is 22.0. The molecule has 0 spiro atoms. The summed E-state index contributed by atoms with van der Waals surface area (Å²) in [6.45, 7) is 12.7. The summed E-state index contributed by atoms with van der Waals surface area (Å²) in [7, 11) is 0. The van der Waals surface area contributed by atoms with Crippen molar-refractivity contribution in [1.82, 2.24) is 9.55 Å². The average Bonchev–Trinajstić information content (AvgIpc) is 3.40. The molecule has 2 nitrogen and oxygen atoms in total. The zero-order valence-electron chi connectivity index (χ0n) is 27.0. The van der Waals surface area contributed by atoms with Crippen LogP contribution in [0.4, 0.5) is 0 Å². The Morgan fingerprint density at radius 3 is 2.53 bits per heavy atom. The highest BCUT2D eigenvalue weighted by molar-refractivity contribution is 5.87. The Labute approximate surface area is 268 Å². The van der Waals surface area contributed by atoms with Crippen LogP contribution < -0.4 is 10.4 Å². The van der Waals surface area contributed by atoms with Crippen LogP contribution in [0.15, 0.2) is 91.6 Å². The summed E-state index contributed by atoms with van der Waals surface area (Å²) < 4.78 is 2.20. The smallest absolute Gasteiger partial charge is 0.107 e. The molecule has 2 aliphatic carbocycles. The summed E-state index contributed by atoms with van der Waals surface area (Å²) >= 11 is 0. The Kier molecular flexibility index (Phi) is 8.72. The summed E-state index contributed by atoms with van der Waals surface area (Å²) in [6, 6.07) is 15.5. The Bertz CT molecular complexity index is 2070. The van der Waals surface area contributed by atoms with Crippen molar-refractivity contribution in [3.05, 3.63) is 125 Å². The van der Waals surface area contributed by atoms with Gasteiger partial charge in [0.1, 0.15) is 5.82 Å². The van der Waals surface area contributed by atoms with Gasteiger partial charge in [-0.3, -0.25) is 0 Å². The highest BCUT2D eigenvalue weighted by Crippen LogP contribution is 2.36. The molecule has 224 valence electrons. The molecule has 6 rings (SSSR count). The van der Waals surface area contributed by atoms with Crippen LogP contribution in [0.1, 0.15) is 68.6 Å². The maximum Gasteiger partial charge on any atom is 0.107 e. The van der Waals surface area contributed by atoms with E-state index in [9.17, 15) is 0 Å². The van der Waals surface area contributed by atoms with Crippen LogP contribution in [0.25, 0.3) is 57.1 Å². The maximum absolute atomic E-state index is 5.99. The summed E-state index contributed by atoms with van der Waals surface area (Å²) in [5.74, 6) is 4.42. The molecule has 0 radical (unpaired) electrons. The van der Waals surface area contributed by atoms with Crippen LogP contribution in [-0.4, -0.2) is 9.55 Å². The van der Waals surface area contributed by atoms with E-state index >= 15 is 0 Å². The Balaban J connectivity index is 1.50. The fourth-order valence-electron chi connectivity index (χ4n) is 7.12. The van der Waals surface area contributed by atoms with E-state index < -0.39 is 0 Å². The lowest BCUT2D eigenvalue weighted by Crippen LogP contribution is -2.34. The lowest BCUT2D eigenvalue weighted by atomic mass is 9.78. The van der Waals surface area contributed by atoms with E-state index in [4.69, 9.17) is 11.4 Å². The normalized spacial score (nSPS) is 17.5. The van der Waals surface area contributed by atoms with Gasteiger partial charge in [0.15, 0.2) is 0 Å². The van der Waals surface area contributed by atoms with Crippen LogP contribution in [0, 0.1) is 25.2 Å². The van der Waals surface area contributed by atoms with Gasteiger partial charge in [0.05, 0.1) is 17.1 Å². The van der Waals surface area contributed by atoms with Crippen LogP contribution in [0.2, 0.25) is 0 Å². The van der Waals surface area contributed by atoms with Gasteiger partial charge in [-0.15, -0.1) is 6.42 Å². The Morgan fingerprint density at radius 1 is 1.07 bits per heavy atom. The second-order valence-electron chi connectivity index (χ2n) is 12.2. The largest absolute Gasteiger partial charge is 0.313 e. The number of aromatic nitrogens is 2. The monoisotopic (exact) mass is 586 g/mol. The fraction of sp³-hybridized carbons (Fsp3) is 0.233. The van der Waals surface area contributed by atoms with Crippen molar-refractivity contribution in [2.24, 2.45) is 5.92 Å². The number of rotatable bonds is 7. The van der Waals surface area contributed by atoms with Gasteiger partial charge in [-0.25, -0.2) is 4.98 Å². The van der Waals surface area contributed by atoms with Crippen molar-refractivity contribution in [3.8, 4) is 34.6 Å². The van der Waals surface area contributed by atoms with Gasteiger partial charge >= 0.3 is 0 Å². The summed E-state index contributed by atoms with van der Waals surface area (Å²) in [4.78, 5) is 4.82. The molecule has 2 unspecified atom stereocenters. The molecule has 0 N–H and O–H groups in total. The third-order valence-corrected chi connectivity index (χ3v) is 9.22. The highest BCUT2D eigenvalue weighted by atomic mass is 15.1. The SMILES string of the molecule is C#CC(C/C=C\C)n1c(C)nc2ccc(-c3ccc(-c4c5c(c(C6=CC=CCC6)c(=C/C=C)/c4=C\C)CC(C)C=C5)cc3)cc21. The van der Waals surface area contributed by atoms with Crippen LogP contribution in [0.3, 0.4) is 0 Å². The molecule has 0 aliphatic heterocycles. The first-order valence-electron chi connectivity index (χ1n) is 16.2. The van der Waals surface area contributed by atoms with Crippen molar-refractivity contribution in [2.75, 3.05) is 0 Å². The van der Waals surface area contributed by atoms with Gasteiger partial charge in [0.2, 0.25) is 0 Å². The van der Waals surface area contributed by atoms with Crippen molar-refractivity contribution in [3.63, 3.8) is 0 Å². The summed E-state index contributed by atoms with van der Waals surface area (Å²) in [5, 5.41) is 2.55. The predicted octanol–water partition coefficient (Wildman–Crippen LogP) is 9.52. The third kappa shape index (κ3) is 5.60. The lowest BCUT2D eigenvalue weighted by Gasteiger charge is -2.26. The highest BCUT2D eigenvalue weighted by Gasteiger charge is 2.23. The first-order valence-corrected chi connectivity index (χ1v) is 16.2. The van der Waals surface area contributed by atoms with Crippen molar-refractivity contribution in [2.45, 2.75) is 59.4 Å². The number of hydrogen-bond donors (Lipinski definition) is 0. The lowest BCUT2D eigenvalue weighted by molar-refractivity contribution is 0.630. The molecule has 0 fully saturated rings. The van der Waals surface area contributed by atoms with Crippen LogP contribution >= 0.6 is 0 Å². The molecule has 2 aliphatic rings. The number of hydrogen-bond acceptors (Lipinski definition) is 1. The molecule has 2 atom stereocenters. The molecule has 45 heavy (non-hydrogen) atoms. The minimum Gasteiger partial charge on any atom is -0.313 e. The maximum atomic E-state index is 5.99. The average molecular weight is 587 g/mol. The van der Waals surface area contributed by atoms with E-state index in [-0.39, 0.29) is 6.04 Å². The number of allylic oxidation sites excluding steroid dienone is 8. The second kappa shape index (κ2) is 13.0. The number of imidazole rings is 1. The van der Waals surface area contributed by atoms with E-state index in [0.29, 0.717) is 5.92 Å². The fourth-order valence-corrected chi connectivity index (χ4v) is 7.12. The molecule has 1 heterocycles.